The summed E-state index contributed by atoms with van der Waals surface area (Å²) in [5.41, 5.74) is 5.89. The first-order valence-corrected chi connectivity index (χ1v) is 8.80. The van der Waals surface area contributed by atoms with Crippen molar-refractivity contribution in [3.63, 3.8) is 0 Å². The zero-order valence-electron chi connectivity index (χ0n) is 15.4. The molecule has 0 bridgehead atoms. The minimum absolute atomic E-state index is 1.05. The van der Waals surface area contributed by atoms with E-state index in [-0.39, 0.29) is 0 Å². The van der Waals surface area contributed by atoms with Gasteiger partial charge in [-0.1, -0.05) is 68.1 Å². The molecule has 0 radical (unpaired) electrons. The van der Waals surface area contributed by atoms with Crippen molar-refractivity contribution < 1.29 is 0 Å². The van der Waals surface area contributed by atoms with E-state index in [0.717, 1.165) is 29.1 Å². The predicted molar refractivity (Wildman–Crippen MR) is 112 cm³/mol. The van der Waals surface area contributed by atoms with E-state index in [4.69, 9.17) is 0 Å². The molecule has 0 aliphatic carbocycles. The van der Waals surface area contributed by atoms with Crippen LogP contribution >= 0.6 is 0 Å². The molecule has 0 spiro atoms. The first kappa shape index (κ1) is 18.5. The second kappa shape index (κ2) is 9.48. The number of nitrogens with zero attached hydrogens (tertiary/aromatic N) is 1. The number of anilines is 2. The van der Waals surface area contributed by atoms with Gasteiger partial charge in [0.15, 0.2) is 0 Å². The molecule has 2 rings (SSSR count). The monoisotopic (exact) mass is 329 g/mol. The molecule has 0 saturated carbocycles. The van der Waals surface area contributed by atoms with Crippen molar-refractivity contribution in [1.29, 1.82) is 0 Å². The second-order valence-corrected chi connectivity index (χ2v) is 5.75. The van der Waals surface area contributed by atoms with Crippen LogP contribution in [0.2, 0.25) is 0 Å². The van der Waals surface area contributed by atoms with Crippen LogP contribution < -0.4 is 4.90 Å². The summed E-state index contributed by atoms with van der Waals surface area (Å²) in [4.78, 5) is 2.27. The smallest absolute Gasteiger partial charge is 0.0461 e. The van der Waals surface area contributed by atoms with Gasteiger partial charge in [0.1, 0.15) is 0 Å². The molecule has 128 valence electrons. The van der Waals surface area contributed by atoms with Crippen molar-refractivity contribution >= 4 is 17.5 Å². The zero-order chi connectivity index (χ0) is 18.1. The molecule has 0 aliphatic rings. The number of aryl methyl sites for hydroxylation is 1. The number of hydrogen-bond donors (Lipinski definition) is 0. The maximum atomic E-state index is 3.84. The maximum absolute atomic E-state index is 3.84. The first-order valence-electron chi connectivity index (χ1n) is 8.80. The lowest BCUT2D eigenvalue weighted by atomic mass is 10.1. The molecule has 2 aromatic carbocycles. The Morgan fingerprint density at radius 1 is 0.920 bits per heavy atom. The van der Waals surface area contributed by atoms with E-state index in [1.807, 2.05) is 25.2 Å². The fraction of sp³-hybridized carbons (Fsp3) is 0.167. The summed E-state index contributed by atoms with van der Waals surface area (Å²) in [6.45, 7) is 10.1. The maximum Gasteiger partial charge on any atom is 0.0461 e. The van der Waals surface area contributed by atoms with Crippen LogP contribution in [0.3, 0.4) is 0 Å². The topological polar surface area (TPSA) is 3.24 Å². The van der Waals surface area contributed by atoms with Gasteiger partial charge < -0.3 is 4.90 Å². The SMILES string of the molecule is C=Cc1ccc(N(C(/C=C\C=C/C)=C/C)c2ccc(CC)cc2)cc1. The van der Waals surface area contributed by atoms with E-state index in [1.165, 1.54) is 5.56 Å². The standard InChI is InChI=1S/C24H27N/c1-5-9-10-11-22(8-4)25(23-16-12-20(6-2)13-17-23)24-18-14-21(7-3)15-19-24/h5-6,8-19H,2,7H2,1,3-4H3/b9-5-,11-10-,22-8+. The van der Waals surface area contributed by atoms with Crippen LogP contribution in [0.5, 0.6) is 0 Å². The highest BCUT2D eigenvalue weighted by Gasteiger charge is 2.12. The number of benzene rings is 2. The summed E-state index contributed by atoms with van der Waals surface area (Å²) < 4.78 is 0. The van der Waals surface area contributed by atoms with Gasteiger partial charge in [-0.15, -0.1) is 0 Å². The van der Waals surface area contributed by atoms with Gasteiger partial charge in [-0.05, 0) is 61.7 Å². The molecule has 0 heterocycles. The number of hydrogen-bond acceptors (Lipinski definition) is 1. The van der Waals surface area contributed by atoms with Crippen molar-refractivity contribution in [3.8, 4) is 0 Å². The van der Waals surface area contributed by atoms with Gasteiger partial charge in [0.05, 0.1) is 0 Å². The van der Waals surface area contributed by atoms with E-state index in [0.29, 0.717) is 0 Å². The lowest BCUT2D eigenvalue weighted by molar-refractivity contribution is 1.13. The highest BCUT2D eigenvalue weighted by molar-refractivity contribution is 5.71. The molecule has 0 N–H and O–H groups in total. The summed E-state index contributed by atoms with van der Waals surface area (Å²) in [7, 11) is 0. The van der Waals surface area contributed by atoms with Crippen LogP contribution in [0, 0.1) is 0 Å². The summed E-state index contributed by atoms with van der Waals surface area (Å²) in [6, 6.07) is 17.2. The molecule has 0 atom stereocenters. The van der Waals surface area contributed by atoms with Gasteiger partial charge in [0.2, 0.25) is 0 Å². The predicted octanol–water partition coefficient (Wildman–Crippen LogP) is 7.07. The van der Waals surface area contributed by atoms with Crippen molar-refractivity contribution in [2.75, 3.05) is 4.90 Å². The van der Waals surface area contributed by atoms with Crippen molar-refractivity contribution in [1.82, 2.24) is 0 Å². The summed E-state index contributed by atoms with van der Waals surface area (Å²) in [5.74, 6) is 0. The molecule has 2 aromatic rings. The normalized spacial score (nSPS) is 12.0. The van der Waals surface area contributed by atoms with E-state index in [2.05, 4.69) is 92.1 Å². The molecule has 1 heteroatoms. The third-order valence-corrected chi connectivity index (χ3v) is 4.11. The Morgan fingerprint density at radius 3 is 2.00 bits per heavy atom. The second-order valence-electron chi connectivity index (χ2n) is 5.75. The van der Waals surface area contributed by atoms with E-state index in [9.17, 15) is 0 Å². The summed E-state index contributed by atoms with van der Waals surface area (Å²) in [6.07, 6.45) is 13.3. The Hall–Kier alpha value is -2.80. The number of allylic oxidation sites excluding steroid dienone is 5. The Bertz CT molecular complexity index is 759. The highest BCUT2D eigenvalue weighted by Crippen LogP contribution is 2.31. The lowest BCUT2D eigenvalue weighted by Gasteiger charge is -2.26. The fourth-order valence-corrected chi connectivity index (χ4v) is 2.65. The summed E-state index contributed by atoms with van der Waals surface area (Å²) >= 11 is 0. The quantitative estimate of drug-likeness (QED) is 0.491. The van der Waals surface area contributed by atoms with Gasteiger partial charge in [0, 0.05) is 17.1 Å². The fourth-order valence-electron chi connectivity index (χ4n) is 2.65. The molecule has 0 fully saturated rings. The molecule has 0 saturated heterocycles. The van der Waals surface area contributed by atoms with Gasteiger partial charge in [0.25, 0.3) is 0 Å². The van der Waals surface area contributed by atoms with Gasteiger partial charge in [-0.25, -0.2) is 0 Å². The molecule has 0 aliphatic heterocycles. The molecular formula is C24H27N. The van der Waals surface area contributed by atoms with Crippen LogP contribution in [0.15, 0.2) is 91.2 Å². The molecule has 0 aromatic heterocycles. The van der Waals surface area contributed by atoms with Crippen LogP contribution in [0.4, 0.5) is 11.4 Å². The van der Waals surface area contributed by atoms with Crippen molar-refractivity contribution in [2.24, 2.45) is 0 Å². The number of rotatable bonds is 7. The molecule has 0 unspecified atom stereocenters. The average molecular weight is 329 g/mol. The molecule has 1 nitrogen and oxygen atoms in total. The van der Waals surface area contributed by atoms with Gasteiger partial charge in [-0.3, -0.25) is 0 Å². The molecule has 0 amide bonds. The Labute approximate surface area is 152 Å². The largest absolute Gasteiger partial charge is 0.311 e. The zero-order valence-corrected chi connectivity index (χ0v) is 15.4. The van der Waals surface area contributed by atoms with Crippen molar-refractivity contribution in [2.45, 2.75) is 27.2 Å². The van der Waals surface area contributed by atoms with E-state index in [1.54, 1.807) is 0 Å². The Morgan fingerprint density at radius 2 is 1.52 bits per heavy atom. The van der Waals surface area contributed by atoms with Crippen LogP contribution in [-0.4, -0.2) is 0 Å². The minimum atomic E-state index is 1.05. The minimum Gasteiger partial charge on any atom is -0.311 e. The van der Waals surface area contributed by atoms with Gasteiger partial charge >= 0.3 is 0 Å². The molecular weight excluding hydrogens is 302 g/mol. The highest BCUT2D eigenvalue weighted by atomic mass is 15.1. The van der Waals surface area contributed by atoms with Gasteiger partial charge in [-0.2, -0.15) is 0 Å². The van der Waals surface area contributed by atoms with Crippen LogP contribution in [-0.2, 0) is 6.42 Å². The Balaban J connectivity index is 2.50. The van der Waals surface area contributed by atoms with Crippen molar-refractivity contribution in [3.05, 3.63) is 102 Å². The van der Waals surface area contributed by atoms with Crippen LogP contribution in [0.25, 0.3) is 6.08 Å². The molecule has 25 heavy (non-hydrogen) atoms. The van der Waals surface area contributed by atoms with Crippen LogP contribution in [0.1, 0.15) is 31.9 Å². The van der Waals surface area contributed by atoms with E-state index < -0.39 is 0 Å². The summed E-state index contributed by atoms with van der Waals surface area (Å²) in [5, 5.41) is 0. The average Bonchev–Trinajstić information content (AvgIpc) is 2.68. The first-order chi connectivity index (χ1) is 12.2. The third kappa shape index (κ3) is 4.84. The lowest BCUT2D eigenvalue weighted by Crippen LogP contribution is -2.15. The Kier molecular flexibility index (Phi) is 7.03. The third-order valence-electron chi connectivity index (χ3n) is 4.11. The van der Waals surface area contributed by atoms with E-state index >= 15 is 0 Å².